The molecule has 104 valence electrons. The quantitative estimate of drug-likeness (QED) is 0.620. The highest BCUT2D eigenvalue weighted by Crippen LogP contribution is 2.18. The number of aryl methyl sites for hydroxylation is 1. The zero-order valence-electron chi connectivity index (χ0n) is 11.2. The number of unbranched alkanes of at least 4 members (excludes halogenated alkanes) is 1. The molecule has 0 radical (unpaired) electrons. The van der Waals surface area contributed by atoms with E-state index in [2.05, 4.69) is 29.2 Å². The highest BCUT2D eigenvalue weighted by Gasteiger charge is 2.04. The standard InChI is InChI=1S/C16H17NO2S/c18-16(19)14-9-10-17-15(12-14)20-11-5-4-8-13-6-2-1-3-7-13/h1-3,6-7,9-10,12H,4-5,8,11H2,(H,18,19). The molecule has 2 aromatic rings. The van der Waals surface area contributed by atoms with E-state index >= 15 is 0 Å². The van der Waals surface area contributed by atoms with Gasteiger partial charge in [0.1, 0.15) is 0 Å². The molecule has 0 bridgehead atoms. The van der Waals surface area contributed by atoms with E-state index in [0.717, 1.165) is 30.0 Å². The Hall–Kier alpha value is -1.81. The maximum atomic E-state index is 10.8. The molecule has 0 unspecified atom stereocenters. The van der Waals surface area contributed by atoms with E-state index in [0.29, 0.717) is 5.56 Å². The number of hydrogen-bond donors (Lipinski definition) is 1. The van der Waals surface area contributed by atoms with Gasteiger partial charge in [0.05, 0.1) is 10.6 Å². The first kappa shape index (κ1) is 14.6. The molecular formula is C16H17NO2S. The molecule has 1 aromatic carbocycles. The van der Waals surface area contributed by atoms with Crippen LogP contribution < -0.4 is 0 Å². The molecule has 0 aliphatic carbocycles. The fourth-order valence-corrected chi connectivity index (χ4v) is 2.78. The highest BCUT2D eigenvalue weighted by molar-refractivity contribution is 7.99. The van der Waals surface area contributed by atoms with Crippen molar-refractivity contribution in [1.82, 2.24) is 4.98 Å². The van der Waals surface area contributed by atoms with Crippen molar-refractivity contribution in [3.63, 3.8) is 0 Å². The van der Waals surface area contributed by atoms with Gasteiger partial charge < -0.3 is 5.11 Å². The number of carbonyl (C=O) groups is 1. The first-order valence-corrected chi connectivity index (χ1v) is 7.60. The number of thioether (sulfide) groups is 1. The zero-order chi connectivity index (χ0) is 14.2. The lowest BCUT2D eigenvalue weighted by atomic mass is 10.1. The Balaban J connectivity index is 1.71. The van der Waals surface area contributed by atoms with Crippen LogP contribution in [0.2, 0.25) is 0 Å². The molecular weight excluding hydrogens is 270 g/mol. The highest BCUT2D eigenvalue weighted by atomic mass is 32.2. The molecule has 0 fully saturated rings. The molecule has 0 saturated heterocycles. The SMILES string of the molecule is O=C(O)c1ccnc(SCCCCc2ccccc2)c1. The Kier molecular flexibility index (Phi) is 5.62. The van der Waals surface area contributed by atoms with Crippen LogP contribution in [0.1, 0.15) is 28.8 Å². The molecule has 1 N–H and O–H groups in total. The van der Waals surface area contributed by atoms with Gasteiger partial charge in [-0.05, 0) is 42.7 Å². The van der Waals surface area contributed by atoms with Crippen LogP contribution >= 0.6 is 11.8 Å². The van der Waals surface area contributed by atoms with Crippen LogP contribution in [0.15, 0.2) is 53.7 Å². The third kappa shape index (κ3) is 4.70. The van der Waals surface area contributed by atoms with Gasteiger partial charge in [0.15, 0.2) is 0 Å². The van der Waals surface area contributed by atoms with Crippen molar-refractivity contribution in [1.29, 1.82) is 0 Å². The second-order valence-electron chi connectivity index (χ2n) is 4.48. The van der Waals surface area contributed by atoms with Crippen molar-refractivity contribution in [2.45, 2.75) is 24.3 Å². The van der Waals surface area contributed by atoms with Gasteiger partial charge in [0, 0.05) is 6.20 Å². The van der Waals surface area contributed by atoms with E-state index in [-0.39, 0.29) is 0 Å². The minimum absolute atomic E-state index is 0.298. The van der Waals surface area contributed by atoms with Crippen LogP contribution in [-0.2, 0) is 6.42 Å². The molecule has 0 aliphatic rings. The maximum absolute atomic E-state index is 10.8. The van der Waals surface area contributed by atoms with E-state index in [1.54, 1.807) is 24.0 Å². The lowest BCUT2D eigenvalue weighted by molar-refractivity contribution is 0.0696. The molecule has 0 aliphatic heterocycles. The van der Waals surface area contributed by atoms with Gasteiger partial charge in [0.25, 0.3) is 0 Å². The lowest BCUT2D eigenvalue weighted by Gasteiger charge is -2.03. The Labute approximate surface area is 123 Å². The molecule has 3 nitrogen and oxygen atoms in total. The van der Waals surface area contributed by atoms with Crippen molar-refractivity contribution >= 4 is 17.7 Å². The predicted molar refractivity (Wildman–Crippen MR) is 81.3 cm³/mol. The predicted octanol–water partition coefficient (Wildman–Crippen LogP) is 3.89. The molecule has 0 saturated carbocycles. The number of benzene rings is 1. The van der Waals surface area contributed by atoms with Gasteiger partial charge in [0.2, 0.25) is 0 Å². The van der Waals surface area contributed by atoms with E-state index < -0.39 is 5.97 Å². The van der Waals surface area contributed by atoms with Crippen LogP contribution in [0, 0.1) is 0 Å². The average Bonchev–Trinajstić information content (AvgIpc) is 2.48. The molecule has 0 spiro atoms. The minimum Gasteiger partial charge on any atom is -0.478 e. The van der Waals surface area contributed by atoms with Crippen molar-refractivity contribution in [2.24, 2.45) is 0 Å². The van der Waals surface area contributed by atoms with Crippen LogP contribution in [0.25, 0.3) is 0 Å². The van der Waals surface area contributed by atoms with Crippen LogP contribution in [0.3, 0.4) is 0 Å². The summed E-state index contributed by atoms with van der Waals surface area (Å²) in [4.78, 5) is 15.0. The Bertz CT molecular complexity index is 557. The third-order valence-electron chi connectivity index (χ3n) is 2.93. The summed E-state index contributed by atoms with van der Waals surface area (Å²) in [6.45, 7) is 0. The monoisotopic (exact) mass is 287 g/mol. The zero-order valence-corrected chi connectivity index (χ0v) is 12.0. The topological polar surface area (TPSA) is 50.2 Å². The summed E-state index contributed by atoms with van der Waals surface area (Å²) in [6, 6.07) is 13.6. The maximum Gasteiger partial charge on any atom is 0.335 e. The summed E-state index contributed by atoms with van der Waals surface area (Å²) in [5.74, 6) is 0.0569. The molecule has 1 heterocycles. The Morgan fingerprint density at radius 2 is 1.95 bits per heavy atom. The first-order valence-electron chi connectivity index (χ1n) is 6.62. The van der Waals surface area contributed by atoms with Crippen molar-refractivity contribution in [2.75, 3.05) is 5.75 Å². The van der Waals surface area contributed by atoms with Crippen molar-refractivity contribution < 1.29 is 9.90 Å². The number of aromatic carboxylic acids is 1. The van der Waals surface area contributed by atoms with Gasteiger partial charge in [-0.3, -0.25) is 0 Å². The van der Waals surface area contributed by atoms with E-state index in [9.17, 15) is 4.79 Å². The fraction of sp³-hybridized carbons (Fsp3) is 0.250. The summed E-state index contributed by atoms with van der Waals surface area (Å²) in [5, 5.41) is 9.69. The second-order valence-corrected chi connectivity index (χ2v) is 5.59. The summed E-state index contributed by atoms with van der Waals surface area (Å²) >= 11 is 1.61. The van der Waals surface area contributed by atoms with Gasteiger partial charge in [-0.2, -0.15) is 0 Å². The first-order chi connectivity index (χ1) is 9.75. The lowest BCUT2D eigenvalue weighted by Crippen LogP contribution is -1.97. The number of hydrogen-bond acceptors (Lipinski definition) is 3. The Morgan fingerprint density at radius 3 is 2.70 bits per heavy atom. The van der Waals surface area contributed by atoms with E-state index in [1.807, 2.05) is 6.07 Å². The number of pyridine rings is 1. The molecule has 1 aromatic heterocycles. The minimum atomic E-state index is -0.904. The normalized spacial score (nSPS) is 10.4. The third-order valence-corrected chi connectivity index (χ3v) is 3.95. The van der Waals surface area contributed by atoms with Gasteiger partial charge >= 0.3 is 5.97 Å². The summed E-state index contributed by atoms with van der Waals surface area (Å²) in [7, 11) is 0. The molecule has 2 rings (SSSR count). The van der Waals surface area contributed by atoms with Gasteiger partial charge in [-0.15, -0.1) is 11.8 Å². The van der Waals surface area contributed by atoms with Crippen molar-refractivity contribution in [3.8, 4) is 0 Å². The number of rotatable bonds is 7. The van der Waals surface area contributed by atoms with E-state index in [4.69, 9.17) is 5.11 Å². The van der Waals surface area contributed by atoms with Crippen LogP contribution in [0.5, 0.6) is 0 Å². The van der Waals surface area contributed by atoms with Gasteiger partial charge in [-0.1, -0.05) is 30.3 Å². The molecule has 0 atom stereocenters. The fourth-order valence-electron chi connectivity index (χ4n) is 1.87. The summed E-state index contributed by atoms with van der Waals surface area (Å²) in [5.41, 5.74) is 1.66. The smallest absolute Gasteiger partial charge is 0.335 e. The largest absolute Gasteiger partial charge is 0.478 e. The number of carboxylic acid groups (broad SMARTS) is 1. The van der Waals surface area contributed by atoms with E-state index in [1.165, 1.54) is 11.6 Å². The van der Waals surface area contributed by atoms with Crippen LogP contribution in [0.4, 0.5) is 0 Å². The van der Waals surface area contributed by atoms with Crippen molar-refractivity contribution in [3.05, 3.63) is 59.8 Å². The average molecular weight is 287 g/mol. The summed E-state index contributed by atoms with van der Waals surface area (Å²) in [6.07, 6.45) is 4.87. The summed E-state index contributed by atoms with van der Waals surface area (Å²) < 4.78 is 0. The molecule has 20 heavy (non-hydrogen) atoms. The second kappa shape index (κ2) is 7.70. The molecule has 0 amide bonds. The Morgan fingerprint density at radius 1 is 1.15 bits per heavy atom. The number of aromatic nitrogens is 1. The van der Waals surface area contributed by atoms with Crippen LogP contribution in [-0.4, -0.2) is 21.8 Å². The number of carboxylic acids is 1. The molecule has 4 heteroatoms. The number of nitrogens with zero attached hydrogens (tertiary/aromatic N) is 1. The van der Waals surface area contributed by atoms with Gasteiger partial charge in [-0.25, -0.2) is 9.78 Å².